The van der Waals surface area contributed by atoms with Crippen LogP contribution in [0.1, 0.15) is 47.1 Å². The van der Waals surface area contributed by atoms with E-state index in [-0.39, 0.29) is 12.4 Å². The van der Waals surface area contributed by atoms with E-state index in [1.54, 1.807) is 82.7 Å². The molecule has 310 valence electrons. The summed E-state index contributed by atoms with van der Waals surface area (Å²) in [4.78, 5) is 53.4. The van der Waals surface area contributed by atoms with E-state index < -0.39 is 68.4 Å². The van der Waals surface area contributed by atoms with E-state index in [1.807, 2.05) is 54.6 Å². The number of methoxy groups -OCH3 is 2. The van der Waals surface area contributed by atoms with Crippen molar-refractivity contribution in [2.24, 2.45) is 0 Å². The number of amides is 1. The van der Waals surface area contributed by atoms with Crippen LogP contribution in [-0.4, -0.2) is 83.0 Å². The van der Waals surface area contributed by atoms with Gasteiger partial charge >= 0.3 is 19.9 Å². The molecule has 6 atom stereocenters. The Labute approximate surface area is 340 Å². The van der Waals surface area contributed by atoms with E-state index in [1.165, 1.54) is 12.3 Å². The molecule has 4 aromatic carbocycles. The van der Waals surface area contributed by atoms with Gasteiger partial charge in [-0.3, -0.25) is 18.5 Å². The molecule has 5 aromatic rings. The summed E-state index contributed by atoms with van der Waals surface area (Å²) in [6.07, 6.45) is -5.26. The molecule has 1 aromatic heterocycles. The SMILES string of the molecule is CCOC(=O)CO[C@H]1[C@H](n2ccc(NC(=O)c3ccccc3)nc2=O)O[C@H](C(C)OC(c2ccccc2)(c2ccc(OC)cc2)c2ccc(OC)cc2)[C@@]1(O)O[PH](=O)O. The van der Waals surface area contributed by atoms with Crippen molar-refractivity contribution in [3.63, 3.8) is 0 Å². The lowest BCUT2D eigenvalue weighted by Crippen LogP contribution is -2.55. The summed E-state index contributed by atoms with van der Waals surface area (Å²) in [5, 5.41) is 15.1. The van der Waals surface area contributed by atoms with Crippen LogP contribution in [-0.2, 0) is 38.4 Å². The van der Waals surface area contributed by atoms with Crippen LogP contribution in [0.25, 0.3) is 0 Å². The number of nitrogens with one attached hydrogen (secondary N) is 1. The van der Waals surface area contributed by atoms with Gasteiger partial charge in [0.1, 0.15) is 35.6 Å². The third kappa shape index (κ3) is 9.29. The Hall–Kier alpha value is -5.71. The highest BCUT2D eigenvalue weighted by Crippen LogP contribution is 2.49. The number of aromatic nitrogens is 2. The summed E-state index contributed by atoms with van der Waals surface area (Å²) in [5.41, 5.74) is -0.279. The molecule has 6 rings (SSSR count). The number of carbonyl (C=O) groups excluding carboxylic acids is 2. The van der Waals surface area contributed by atoms with E-state index in [4.69, 9.17) is 32.9 Å². The lowest BCUT2D eigenvalue weighted by atomic mass is 9.79. The molecule has 3 N–H and O–H groups in total. The van der Waals surface area contributed by atoms with Gasteiger partial charge in [0.15, 0.2) is 12.3 Å². The van der Waals surface area contributed by atoms with E-state index >= 15 is 0 Å². The average Bonchev–Trinajstić information content (AvgIpc) is 3.53. The molecule has 1 aliphatic heterocycles. The summed E-state index contributed by atoms with van der Waals surface area (Å²) < 4.78 is 54.2. The highest BCUT2D eigenvalue weighted by Gasteiger charge is 2.63. The van der Waals surface area contributed by atoms with E-state index in [9.17, 15) is 28.9 Å². The van der Waals surface area contributed by atoms with Crippen molar-refractivity contribution < 1.29 is 57.1 Å². The second kappa shape index (κ2) is 18.9. The van der Waals surface area contributed by atoms with Crippen LogP contribution in [0, 0.1) is 0 Å². The van der Waals surface area contributed by atoms with Crippen molar-refractivity contribution in [2.75, 3.05) is 32.8 Å². The number of benzene rings is 4. The quantitative estimate of drug-likeness (QED) is 0.0497. The smallest absolute Gasteiger partial charge is 0.351 e. The maximum atomic E-state index is 13.7. The fourth-order valence-electron chi connectivity index (χ4n) is 6.98. The molecule has 16 nitrogen and oxygen atoms in total. The van der Waals surface area contributed by atoms with Crippen LogP contribution in [0.15, 0.2) is 126 Å². The van der Waals surface area contributed by atoms with Crippen LogP contribution in [0.5, 0.6) is 11.5 Å². The van der Waals surface area contributed by atoms with Gasteiger partial charge in [-0.05, 0) is 73.0 Å². The molecule has 59 heavy (non-hydrogen) atoms. The minimum atomic E-state index is -4.01. The minimum Gasteiger partial charge on any atom is -0.497 e. The molecule has 2 unspecified atom stereocenters. The largest absolute Gasteiger partial charge is 0.497 e. The third-order valence-electron chi connectivity index (χ3n) is 9.64. The van der Waals surface area contributed by atoms with Gasteiger partial charge in [0.05, 0.1) is 26.9 Å². The first-order valence-corrected chi connectivity index (χ1v) is 19.7. The highest BCUT2D eigenvalue weighted by molar-refractivity contribution is 7.32. The van der Waals surface area contributed by atoms with E-state index in [0.717, 1.165) is 4.57 Å². The number of anilines is 1. The summed E-state index contributed by atoms with van der Waals surface area (Å²) in [5.74, 6) is -3.19. The topological polar surface area (TPSA) is 203 Å². The molecule has 2 heterocycles. The Morgan fingerprint density at radius 1 is 0.898 bits per heavy atom. The van der Waals surface area contributed by atoms with Gasteiger partial charge in [-0.25, -0.2) is 9.59 Å². The standard InChI is InChI=1S/C42H44N3O13P/c1-5-54-35(46)26-55-37-39(45-25-24-34(44-40(45)48)43-38(47)28-12-8-6-9-13-28)56-36(42(37,49)58-59(50)51)27(2)57-41(29-14-10-7-11-15-29,30-16-20-32(52-3)21-17-30)31-18-22-33(53-4)23-19-31/h6-25,27,36-37,39,49,59H,5,26H2,1-4H3,(H,50,51)(H,43,44,47,48)/t27?,36-,37+,39-,42-/m1/s1. The highest BCUT2D eigenvalue weighted by atomic mass is 31.1. The number of rotatable bonds is 17. The van der Waals surface area contributed by atoms with Gasteiger partial charge in [-0.1, -0.05) is 72.8 Å². The normalized spacial score (nSPS) is 20.0. The zero-order chi connectivity index (χ0) is 42.2. The monoisotopic (exact) mass is 829 g/mol. The fourth-order valence-corrected chi connectivity index (χ4v) is 7.50. The van der Waals surface area contributed by atoms with Gasteiger partial charge < -0.3 is 43.7 Å². The Kier molecular flexibility index (Phi) is 13.7. The lowest BCUT2D eigenvalue weighted by Gasteiger charge is -2.41. The Bertz CT molecular complexity index is 2230. The van der Waals surface area contributed by atoms with Crippen molar-refractivity contribution in [1.82, 2.24) is 9.55 Å². The van der Waals surface area contributed by atoms with Gasteiger partial charge in [0.2, 0.25) is 5.79 Å². The lowest BCUT2D eigenvalue weighted by molar-refractivity contribution is -0.247. The maximum Gasteiger partial charge on any atom is 0.351 e. The number of aliphatic hydroxyl groups is 1. The molecule has 0 saturated carbocycles. The molecule has 1 amide bonds. The predicted molar refractivity (Wildman–Crippen MR) is 213 cm³/mol. The first-order chi connectivity index (χ1) is 28.4. The van der Waals surface area contributed by atoms with Crippen molar-refractivity contribution in [3.05, 3.63) is 154 Å². The van der Waals surface area contributed by atoms with Gasteiger partial charge in [0, 0.05) is 11.8 Å². The maximum absolute atomic E-state index is 13.7. The van der Waals surface area contributed by atoms with Crippen molar-refractivity contribution in [2.45, 2.75) is 49.8 Å². The summed E-state index contributed by atoms with van der Waals surface area (Å²) in [6, 6.07) is 33.1. The van der Waals surface area contributed by atoms with E-state index in [2.05, 4.69) is 10.3 Å². The van der Waals surface area contributed by atoms with Gasteiger partial charge in [-0.15, -0.1) is 0 Å². The first kappa shape index (κ1) is 42.9. The van der Waals surface area contributed by atoms with Crippen LogP contribution < -0.4 is 20.5 Å². The number of hydrogen-bond donors (Lipinski definition) is 3. The second-order valence-corrected chi connectivity index (χ2v) is 14.0. The predicted octanol–water partition coefficient (Wildman–Crippen LogP) is 4.84. The fraction of sp³-hybridized carbons (Fsp3) is 0.286. The Morgan fingerprint density at radius 2 is 1.46 bits per heavy atom. The van der Waals surface area contributed by atoms with Crippen LogP contribution in [0.2, 0.25) is 0 Å². The number of ether oxygens (including phenoxy) is 6. The number of esters is 1. The summed E-state index contributed by atoms with van der Waals surface area (Å²) >= 11 is 0. The second-order valence-electron chi connectivity index (χ2n) is 13.3. The van der Waals surface area contributed by atoms with Crippen molar-refractivity contribution in [3.8, 4) is 11.5 Å². The molecule has 0 radical (unpaired) electrons. The molecule has 1 fully saturated rings. The number of hydrogen-bond acceptors (Lipinski definition) is 13. The Balaban J connectivity index is 1.46. The van der Waals surface area contributed by atoms with Crippen LogP contribution in [0.3, 0.4) is 0 Å². The molecular weight excluding hydrogens is 785 g/mol. The molecule has 0 spiro atoms. The first-order valence-electron chi connectivity index (χ1n) is 18.5. The zero-order valence-corrected chi connectivity index (χ0v) is 33.6. The Morgan fingerprint density at radius 3 is 1.98 bits per heavy atom. The molecule has 0 bridgehead atoms. The number of carbonyl (C=O) groups is 2. The molecule has 0 aliphatic carbocycles. The number of nitrogens with zero attached hydrogens (tertiary/aromatic N) is 2. The zero-order valence-electron chi connectivity index (χ0n) is 32.6. The third-order valence-corrected chi connectivity index (χ3v) is 10.1. The molecule has 17 heteroatoms. The van der Waals surface area contributed by atoms with Crippen LogP contribution >= 0.6 is 8.25 Å². The summed E-state index contributed by atoms with van der Waals surface area (Å²) in [7, 11) is -0.925. The van der Waals surface area contributed by atoms with Crippen molar-refractivity contribution in [1.29, 1.82) is 0 Å². The van der Waals surface area contributed by atoms with Crippen molar-refractivity contribution >= 4 is 25.9 Å². The van der Waals surface area contributed by atoms with Gasteiger partial charge in [-0.2, -0.15) is 4.98 Å². The minimum absolute atomic E-state index is 0.00321. The van der Waals surface area contributed by atoms with Gasteiger partial charge in [0.25, 0.3) is 5.91 Å². The van der Waals surface area contributed by atoms with Crippen LogP contribution in [0.4, 0.5) is 5.82 Å². The van der Waals surface area contributed by atoms with E-state index in [0.29, 0.717) is 33.8 Å². The molecule has 1 aliphatic rings. The molecular formula is C42H44N3O13P. The average molecular weight is 830 g/mol. The summed E-state index contributed by atoms with van der Waals surface area (Å²) in [6.45, 7) is 2.35. The molecule has 1 saturated heterocycles.